The third kappa shape index (κ3) is 3.23. The van der Waals surface area contributed by atoms with Gasteiger partial charge in [-0.25, -0.2) is 4.98 Å². The Labute approximate surface area is 177 Å². The molecule has 0 saturated heterocycles. The van der Waals surface area contributed by atoms with Gasteiger partial charge in [-0.2, -0.15) is 10.1 Å². The molecular formula is C22H19ClN6O. The molecule has 0 bridgehead atoms. The molecular weight excluding hydrogens is 400 g/mol. The van der Waals surface area contributed by atoms with E-state index in [-0.39, 0.29) is 5.62 Å². The maximum atomic E-state index is 11.0. The summed E-state index contributed by atoms with van der Waals surface area (Å²) in [5.41, 5.74) is 5.29. The smallest absolute Gasteiger partial charge is 0.265 e. The lowest BCUT2D eigenvalue weighted by Gasteiger charge is -2.12. The Hall–Kier alpha value is -3.58. The highest BCUT2D eigenvalue weighted by Gasteiger charge is 2.19. The van der Waals surface area contributed by atoms with E-state index in [1.165, 1.54) is 0 Å². The largest absolute Gasteiger partial charge is 0.425 e. The zero-order valence-corrected chi connectivity index (χ0v) is 17.0. The molecule has 3 heterocycles. The standard InChI is InChI=1S/C22H19ClN6O/c1-28-20(12-18(27-28)14-5-3-2-4-6-14)26-22-25-13-15-9-10-24-19-11-16(23)7-8-17(19)21(15)29(22)30/h2-8,11-13,24,30H,9-10H2,1H3. The minimum atomic E-state index is 0.180. The molecule has 0 saturated carbocycles. The van der Waals surface area contributed by atoms with Crippen LogP contribution in [0.3, 0.4) is 0 Å². The Morgan fingerprint density at radius 1 is 1.13 bits per heavy atom. The molecule has 30 heavy (non-hydrogen) atoms. The Morgan fingerprint density at radius 2 is 1.97 bits per heavy atom. The molecule has 8 heteroatoms. The molecule has 0 radical (unpaired) electrons. The number of nitrogens with zero attached hydrogens (tertiary/aromatic N) is 5. The Bertz CT molecular complexity index is 1310. The van der Waals surface area contributed by atoms with Crippen molar-refractivity contribution in [3.8, 4) is 22.5 Å². The van der Waals surface area contributed by atoms with E-state index >= 15 is 0 Å². The third-order valence-electron chi connectivity index (χ3n) is 5.13. The molecule has 4 aromatic rings. The summed E-state index contributed by atoms with van der Waals surface area (Å²) in [6.45, 7) is 0.723. The number of fused-ring (bicyclic) bond motifs is 3. The van der Waals surface area contributed by atoms with E-state index < -0.39 is 0 Å². The summed E-state index contributed by atoms with van der Waals surface area (Å²) in [7, 11) is 1.82. The van der Waals surface area contributed by atoms with Crippen molar-refractivity contribution in [3.63, 3.8) is 0 Å². The topological polar surface area (TPSA) is 80.3 Å². The molecule has 7 nitrogen and oxygen atoms in total. The number of aryl methyl sites for hydroxylation is 1. The van der Waals surface area contributed by atoms with Crippen LogP contribution >= 0.6 is 11.6 Å². The van der Waals surface area contributed by atoms with Crippen LogP contribution in [0.5, 0.6) is 0 Å². The lowest BCUT2D eigenvalue weighted by Crippen LogP contribution is -2.25. The van der Waals surface area contributed by atoms with Crippen LogP contribution in [-0.2, 0) is 13.5 Å². The molecule has 0 fully saturated rings. The molecule has 2 aromatic carbocycles. The summed E-state index contributed by atoms with van der Waals surface area (Å²) in [5.74, 6) is 0.590. The van der Waals surface area contributed by atoms with Crippen LogP contribution in [0.4, 0.5) is 11.5 Å². The van der Waals surface area contributed by atoms with Gasteiger partial charge in [-0.1, -0.05) is 41.9 Å². The number of rotatable bonds is 2. The molecule has 0 spiro atoms. The van der Waals surface area contributed by atoms with E-state index in [0.717, 1.165) is 45.8 Å². The molecule has 2 N–H and O–H groups in total. The number of nitrogens with one attached hydrogen (secondary N) is 1. The van der Waals surface area contributed by atoms with Gasteiger partial charge in [-0.15, -0.1) is 4.73 Å². The highest BCUT2D eigenvalue weighted by atomic mass is 35.5. The van der Waals surface area contributed by atoms with Gasteiger partial charge in [0, 0.05) is 53.3 Å². The first-order valence-electron chi connectivity index (χ1n) is 9.58. The zero-order chi connectivity index (χ0) is 20.7. The van der Waals surface area contributed by atoms with Crippen molar-refractivity contribution in [2.75, 3.05) is 11.9 Å². The minimum Gasteiger partial charge on any atom is -0.425 e. The van der Waals surface area contributed by atoms with E-state index in [1.807, 2.05) is 61.6 Å². The monoisotopic (exact) mass is 418 g/mol. The number of halogens is 1. The van der Waals surface area contributed by atoms with Crippen LogP contribution in [-0.4, -0.2) is 31.2 Å². The van der Waals surface area contributed by atoms with Crippen molar-refractivity contribution < 1.29 is 5.21 Å². The first kappa shape index (κ1) is 18.4. The highest BCUT2D eigenvalue weighted by Crippen LogP contribution is 2.34. The van der Waals surface area contributed by atoms with Crippen LogP contribution in [0.1, 0.15) is 5.56 Å². The second-order valence-electron chi connectivity index (χ2n) is 7.10. The van der Waals surface area contributed by atoms with Crippen LogP contribution in [0, 0.1) is 0 Å². The second-order valence-corrected chi connectivity index (χ2v) is 7.54. The molecule has 1 aliphatic rings. The number of anilines is 1. The first-order valence-corrected chi connectivity index (χ1v) is 9.96. The fraction of sp³-hybridized carbons (Fsp3) is 0.136. The molecule has 0 atom stereocenters. The molecule has 0 unspecified atom stereocenters. The van der Waals surface area contributed by atoms with Gasteiger partial charge < -0.3 is 10.5 Å². The molecule has 5 rings (SSSR count). The third-order valence-corrected chi connectivity index (χ3v) is 5.36. The maximum Gasteiger partial charge on any atom is 0.265 e. The normalized spacial score (nSPS) is 13.3. The SMILES string of the molecule is Cn1nc(-c2ccccc2)cc1N=c1ncc2c(n1O)-c1ccc(Cl)cc1NCC2. The number of hydrogen-bond donors (Lipinski definition) is 2. The fourth-order valence-corrected chi connectivity index (χ4v) is 3.82. The summed E-state index contributed by atoms with van der Waals surface area (Å²) < 4.78 is 2.72. The van der Waals surface area contributed by atoms with E-state index in [1.54, 1.807) is 10.9 Å². The molecule has 0 amide bonds. The van der Waals surface area contributed by atoms with Crippen molar-refractivity contribution in [1.29, 1.82) is 0 Å². The van der Waals surface area contributed by atoms with E-state index in [4.69, 9.17) is 11.6 Å². The van der Waals surface area contributed by atoms with Crippen LogP contribution in [0.25, 0.3) is 22.5 Å². The van der Waals surface area contributed by atoms with Crippen molar-refractivity contribution in [1.82, 2.24) is 19.5 Å². The number of aromatic nitrogens is 4. The second kappa shape index (κ2) is 7.35. The van der Waals surface area contributed by atoms with Crippen molar-refractivity contribution >= 4 is 23.1 Å². The molecule has 2 aromatic heterocycles. The van der Waals surface area contributed by atoms with E-state index in [0.29, 0.717) is 16.5 Å². The fourth-order valence-electron chi connectivity index (χ4n) is 3.65. The van der Waals surface area contributed by atoms with Gasteiger partial charge in [0.25, 0.3) is 5.62 Å². The maximum absolute atomic E-state index is 11.0. The lowest BCUT2D eigenvalue weighted by molar-refractivity contribution is 0.171. The summed E-state index contributed by atoms with van der Waals surface area (Å²) >= 11 is 6.16. The van der Waals surface area contributed by atoms with Crippen LogP contribution < -0.4 is 10.9 Å². The lowest BCUT2D eigenvalue weighted by atomic mass is 10.1. The zero-order valence-electron chi connectivity index (χ0n) is 16.2. The Kier molecular flexibility index (Phi) is 4.52. The number of benzene rings is 2. The van der Waals surface area contributed by atoms with Crippen molar-refractivity contribution in [3.05, 3.63) is 77.0 Å². The average molecular weight is 419 g/mol. The quantitative estimate of drug-likeness (QED) is 0.481. The summed E-state index contributed by atoms with van der Waals surface area (Å²) in [5, 5.41) is 19.6. The minimum absolute atomic E-state index is 0.180. The highest BCUT2D eigenvalue weighted by molar-refractivity contribution is 6.31. The van der Waals surface area contributed by atoms with Crippen LogP contribution in [0.15, 0.2) is 65.8 Å². The van der Waals surface area contributed by atoms with Gasteiger partial charge in [0.1, 0.15) is 0 Å². The van der Waals surface area contributed by atoms with Crippen molar-refractivity contribution in [2.24, 2.45) is 12.0 Å². The number of hydrogen-bond acceptors (Lipinski definition) is 5. The van der Waals surface area contributed by atoms with Gasteiger partial charge in [0.15, 0.2) is 5.82 Å². The van der Waals surface area contributed by atoms with Gasteiger partial charge in [-0.3, -0.25) is 4.68 Å². The van der Waals surface area contributed by atoms with Gasteiger partial charge in [0.05, 0.1) is 11.4 Å². The average Bonchev–Trinajstić information content (AvgIpc) is 3.01. The Morgan fingerprint density at radius 3 is 2.80 bits per heavy atom. The van der Waals surface area contributed by atoms with E-state index in [9.17, 15) is 5.21 Å². The van der Waals surface area contributed by atoms with Crippen molar-refractivity contribution in [2.45, 2.75) is 6.42 Å². The van der Waals surface area contributed by atoms with Gasteiger partial charge >= 0.3 is 0 Å². The summed E-state index contributed by atoms with van der Waals surface area (Å²) in [6.07, 6.45) is 2.49. The summed E-state index contributed by atoms with van der Waals surface area (Å²) in [6, 6.07) is 17.3. The summed E-state index contributed by atoms with van der Waals surface area (Å²) in [4.78, 5) is 8.96. The first-order chi connectivity index (χ1) is 14.6. The predicted molar refractivity (Wildman–Crippen MR) is 116 cm³/mol. The van der Waals surface area contributed by atoms with Gasteiger partial charge in [0.2, 0.25) is 0 Å². The van der Waals surface area contributed by atoms with Gasteiger partial charge in [-0.05, 0) is 24.6 Å². The predicted octanol–water partition coefficient (Wildman–Crippen LogP) is 4.04. The molecule has 0 aliphatic carbocycles. The molecule has 150 valence electrons. The Balaban J connectivity index is 1.65. The van der Waals surface area contributed by atoms with Crippen LogP contribution in [0.2, 0.25) is 5.02 Å². The van der Waals surface area contributed by atoms with E-state index in [2.05, 4.69) is 20.4 Å². The molecule has 1 aliphatic heterocycles.